The molecule has 0 spiro atoms. The lowest BCUT2D eigenvalue weighted by atomic mass is 9.98. The van der Waals surface area contributed by atoms with Crippen molar-refractivity contribution in [3.63, 3.8) is 0 Å². The topological polar surface area (TPSA) is 128 Å². The van der Waals surface area contributed by atoms with Gasteiger partial charge in [-0.15, -0.1) is 0 Å². The van der Waals surface area contributed by atoms with Gasteiger partial charge in [0.05, 0.1) is 32.5 Å². The Morgan fingerprint density at radius 3 is 2.55 bits per heavy atom. The van der Waals surface area contributed by atoms with E-state index in [1.54, 1.807) is 43.7 Å². The van der Waals surface area contributed by atoms with E-state index in [1.807, 2.05) is 18.2 Å². The maximum absolute atomic E-state index is 12.4. The van der Waals surface area contributed by atoms with Crippen LogP contribution in [0, 0.1) is 15.5 Å². The van der Waals surface area contributed by atoms with E-state index in [9.17, 15) is 14.9 Å². The second-order valence-corrected chi connectivity index (χ2v) is 11.5. The minimum absolute atomic E-state index is 0.0716. The van der Waals surface area contributed by atoms with Gasteiger partial charge < -0.3 is 24.6 Å². The van der Waals surface area contributed by atoms with E-state index in [4.69, 9.17) is 21.1 Å². The molecule has 2 aromatic carbocycles. The highest BCUT2D eigenvalue weighted by Crippen LogP contribution is 2.34. The summed E-state index contributed by atoms with van der Waals surface area (Å²) in [6, 6.07) is 13.2. The van der Waals surface area contributed by atoms with Crippen LogP contribution in [0.1, 0.15) is 20.8 Å². The Balaban J connectivity index is 1.47. The molecule has 1 saturated heterocycles. The third-order valence-electron chi connectivity index (χ3n) is 6.82. The highest BCUT2D eigenvalue weighted by atomic mass is 35.5. The Morgan fingerprint density at radius 2 is 1.86 bits per heavy atom. The minimum atomic E-state index is -0.670. The Kier molecular flexibility index (Phi) is 8.19. The number of carbonyl (C=O) groups excluding carboxylic acids is 1. The zero-order valence-electron chi connectivity index (χ0n) is 23.8. The van der Waals surface area contributed by atoms with E-state index >= 15 is 0 Å². The van der Waals surface area contributed by atoms with Crippen molar-refractivity contribution in [1.82, 2.24) is 19.4 Å². The second kappa shape index (κ2) is 11.8. The first-order valence-electron chi connectivity index (χ1n) is 13.4. The molecule has 12 nitrogen and oxygen atoms in total. The average Bonchev–Trinajstić information content (AvgIpc) is 3.35. The lowest BCUT2D eigenvalue weighted by molar-refractivity contribution is -0.384. The summed E-state index contributed by atoms with van der Waals surface area (Å²) >= 11 is 6.69. The summed E-state index contributed by atoms with van der Waals surface area (Å²) in [7, 11) is 2.10. The molecule has 13 heteroatoms. The van der Waals surface area contributed by atoms with Crippen LogP contribution in [0.15, 0.2) is 54.7 Å². The lowest BCUT2D eigenvalue weighted by Gasteiger charge is -2.34. The number of ether oxygens (including phenoxy) is 2. The highest BCUT2D eigenvalue weighted by molar-refractivity contribution is 6.33. The molecule has 3 heterocycles. The number of likely N-dealkylation sites (N-methyl/N-ethyl adjacent to an activating group) is 1. The molecule has 1 N–H and O–H groups in total. The summed E-state index contributed by atoms with van der Waals surface area (Å²) in [4.78, 5) is 37.0. The molecule has 42 heavy (non-hydrogen) atoms. The first kappa shape index (κ1) is 29.1. The number of carbonyl (C=O) groups is 1. The maximum atomic E-state index is 12.4. The van der Waals surface area contributed by atoms with Gasteiger partial charge in [-0.25, -0.2) is 0 Å². The van der Waals surface area contributed by atoms with E-state index in [-0.39, 0.29) is 36.0 Å². The van der Waals surface area contributed by atoms with Crippen LogP contribution in [-0.4, -0.2) is 63.6 Å². The average molecular weight is 594 g/mol. The fourth-order valence-electron chi connectivity index (χ4n) is 4.41. The van der Waals surface area contributed by atoms with Crippen molar-refractivity contribution in [3.8, 4) is 11.6 Å². The molecule has 0 radical (unpaired) electrons. The molecule has 1 aliphatic rings. The summed E-state index contributed by atoms with van der Waals surface area (Å²) < 4.78 is 13.2. The number of anilines is 3. The smallest absolute Gasteiger partial charge is 0.312 e. The number of fused-ring (bicyclic) bond motifs is 1. The number of nitrogens with zero attached hydrogens (tertiary/aromatic N) is 6. The van der Waals surface area contributed by atoms with Crippen LogP contribution in [0.4, 0.5) is 23.0 Å². The minimum Gasteiger partial charge on any atom is -0.443 e. The standard InChI is InChI=1S/C29H32ClN7O5/c1-29(2,3)27(38)41-18-36-11-10-22-25(36)32-28(33-26(22)42-21-7-5-6-20(17-21)37(39)40)31-19-8-9-24(23(30)16-19)35-14-12-34(4)13-15-35/h5-11,16-17H,12-15,18H2,1-4H3,(H,31,32,33). The number of piperazine rings is 1. The number of rotatable bonds is 8. The van der Waals surface area contributed by atoms with E-state index in [0.29, 0.717) is 21.7 Å². The van der Waals surface area contributed by atoms with Crippen molar-refractivity contribution in [2.24, 2.45) is 5.41 Å². The molecule has 0 aliphatic carbocycles. The van der Waals surface area contributed by atoms with Gasteiger partial charge in [0, 0.05) is 44.1 Å². The third kappa shape index (κ3) is 6.55. The molecular weight excluding hydrogens is 562 g/mol. The molecular formula is C29H32ClN7O5. The van der Waals surface area contributed by atoms with Gasteiger partial charge in [0.25, 0.3) is 5.69 Å². The lowest BCUT2D eigenvalue weighted by Crippen LogP contribution is -2.44. The van der Waals surface area contributed by atoms with E-state index in [0.717, 1.165) is 31.9 Å². The number of nitrogens with one attached hydrogen (secondary N) is 1. The monoisotopic (exact) mass is 593 g/mol. The van der Waals surface area contributed by atoms with E-state index in [1.165, 1.54) is 18.2 Å². The van der Waals surface area contributed by atoms with Crippen molar-refractivity contribution < 1.29 is 19.2 Å². The SMILES string of the molecule is CN1CCN(c2ccc(Nc3nc(Oc4cccc([N+](=O)[O-])c4)c4ccn(COC(=O)C(C)(C)C)c4n3)cc2Cl)CC1. The van der Waals surface area contributed by atoms with Gasteiger partial charge in [0.15, 0.2) is 12.4 Å². The van der Waals surface area contributed by atoms with Crippen LogP contribution in [0.5, 0.6) is 11.6 Å². The summed E-state index contributed by atoms with van der Waals surface area (Å²) in [5, 5.41) is 15.6. The van der Waals surface area contributed by atoms with E-state index < -0.39 is 10.3 Å². The molecule has 1 aliphatic heterocycles. The van der Waals surface area contributed by atoms with Crippen LogP contribution in [0.2, 0.25) is 5.02 Å². The van der Waals surface area contributed by atoms with Gasteiger partial charge in [-0.3, -0.25) is 19.5 Å². The molecule has 0 saturated carbocycles. The Labute approximate surface area is 248 Å². The predicted octanol–water partition coefficient (Wildman–Crippen LogP) is 5.83. The van der Waals surface area contributed by atoms with Gasteiger partial charge in [0.1, 0.15) is 5.75 Å². The number of hydrogen-bond donors (Lipinski definition) is 1. The molecule has 0 amide bonds. The van der Waals surface area contributed by atoms with Crippen LogP contribution in [-0.2, 0) is 16.3 Å². The van der Waals surface area contributed by atoms with Crippen LogP contribution in [0.25, 0.3) is 11.0 Å². The summed E-state index contributed by atoms with van der Waals surface area (Å²) in [5.41, 5.74) is 1.27. The largest absolute Gasteiger partial charge is 0.443 e. The highest BCUT2D eigenvalue weighted by Gasteiger charge is 2.24. The second-order valence-electron chi connectivity index (χ2n) is 11.1. The summed E-state index contributed by atoms with van der Waals surface area (Å²) in [6.45, 7) is 8.95. The number of benzene rings is 2. The number of esters is 1. The summed E-state index contributed by atoms with van der Waals surface area (Å²) in [6.07, 6.45) is 1.71. The molecule has 0 unspecified atom stereocenters. The van der Waals surface area contributed by atoms with Gasteiger partial charge in [0.2, 0.25) is 11.8 Å². The zero-order valence-corrected chi connectivity index (χ0v) is 24.6. The van der Waals surface area contributed by atoms with Crippen LogP contribution in [0.3, 0.4) is 0 Å². The number of hydrogen-bond acceptors (Lipinski definition) is 10. The quantitative estimate of drug-likeness (QED) is 0.151. The molecule has 4 aromatic rings. The number of halogens is 1. The number of aromatic nitrogens is 3. The molecule has 0 atom stereocenters. The van der Waals surface area contributed by atoms with Crippen molar-refractivity contribution in [2.75, 3.05) is 43.4 Å². The molecule has 2 aromatic heterocycles. The maximum Gasteiger partial charge on any atom is 0.312 e. The van der Waals surface area contributed by atoms with Crippen molar-refractivity contribution in [1.29, 1.82) is 0 Å². The van der Waals surface area contributed by atoms with Crippen LogP contribution < -0.4 is 15.0 Å². The first-order chi connectivity index (χ1) is 20.0. The number of nitro benzene ring substituents is 1. The number of non-ortho nitro benzene ring substituents is 1. The number of nitro groups is 1. The molecule has 5 rings (SSSR count). The third-order valence-corrected chi connectivity index (χ3v) is 7.12. The van der Waals surface area contributed by atoms with E-state index in [2.05, 4.69) is 32.1 Å². The van der Waals surface area contributed by atoms with Gasteiger partial charge in [-0.2, -0.15) is 9.97 Å². The van der Waals surface area contributed by atoms with Gasteiger partial charge in [-0.1, -0.05) is 17.7 Å². The molecule has 0 bridgehead atoms. The fourth-order valence-corrected chi connectivity index (χ4v) is 4.71. The summed E-state index contributed by atoms with van der Waals surface area (Å²) in [5.74, 6) is 0.249. The fraction of sp³-hybridized carbons (Fsp3) is 0.345. The first-order valence-corrected chi connectivity index (χ1v) is 13.8. The van der Waals surface area contributed by atoms with Crippen LogP contribution >= 0.6 is 11.6 Å². The van der Waals surface area contributed by atoms with Gasteiger partial charge >= 0.3 is 5.97 Å². The molecule has 220 valence electrons. The Hall–Kier alpha value is -4.42. The van der Waals surface area contributed by atoms with Gasteiger partial charge in [-0.05, 0) is 58.2 Å². The molecule has 1 fully saturated rings. The zero-order chi connectivity index (χ0) is 30.0. The predicted molar refractivity (Wildman–Crippen MR) is 161 cm³/mol. The Bertz CT molecular complexity index is 1630. The van der Waals surface area contributed by atoms with Crippen molar-refractivity contribution in [2.45, 2.75) is 27.5 Å². The Morgan fingerprint density at radius 1 is 1.10 bits per heavy atom. The van der Waals surface area contributed by atoms with Crippen molar-refractivity contribution >= 4 is 51.6 Å². The normalized spacial score (nSPS) is 14.2. The van der Waals surface area contributed by atoms with Crippen molar-refractivity contribution in [3.05, 3.63) is 69.9 Å².